The van der Waals surface area contributed by atoms with E-state index in [4.69, 9.17) is 0 Å². The molecule has 140 valence electrons. The monoisotopic (exact) mass is 366 g/mol. The number of amides is 1. The molecule has 1 heterocycles. The molecule has 2 N–H and O–H groups in total. The van der Waals surface area contributed by atoms with Gasteiger partial charge in [-0.25, -0.2) is 4.39 Å². The summed E-state index contributed by atoms with van der Waals surface area (Å²) in [5, 5.41) is 3.82. The van der Waals surface area contributed by atoms with Crippen LogP contribution in [0.1, 0.15) is 28.7 Å². The zero-order valence-electron chi connectivity index (χ0n) is 15.6. The number of fused-ring (bicyclic) bond motifs is 1. The zero-order valence-corrected chi connectivity index (χ0v) is 15.6. The molecule has 0 bridgehead atoms. The standard InChI is InChI=1S/C22H23FN2O2/c1-14-3-6-17-13-18(22(27)25-21(17)15(14)2)7-10-20(26)24-12-11-16-4-8-19(23)9-5-16/h3-6,8-9,13H,7,10-12H2,1-2H3,(H,24,26)(H,25,27). The van der Waals surface area contributed by atoms with Crippen LogP contribution in [0.4, 0.5) is 4.39 Å². The first-order valence-corrected chi connectivity index (χ1v) is 9.07. The Balaban J connectivity index is 1.57. The van der Waals surface area contributed by atoms with E-state index in [1.807, 2.05) is 32.0 Å². The number of H-pyrrole nitrogens is 1. The van der Waals surface area contributed by atoms with Crippen molar-refractivity contribution < 1.29 is 9.18 Å². The van der Waals surface area contributed by atoms with E-state index in [0.717, 1.165) is 27.6 Å². The summed E-state index contributed by atoms with van der Waals surface area (Å²) < 4.78 is 12.9. The van der Waals surface area contributed by atoms with Gasteiger partial charge in [0.1, 0.15) is 5.82 Å². The minimum absolute atomic E-state index is 0.100. The van der Waals surface area contributed by atoms with Crippen LogP contribution in [0.5, 0.6) is 0 Å². The van der Waals surface area contributed by atoms with Gasteiger partial charge in [-0.05, 0) is 67.0 Å². The van der Waals surface area contributed by atoms with Crippen molar-refractivity contribution in [2.75, 3.05) is 6.54 Å². The molecule has 0 unspecified atom stereocenters. The first-order valence-electron chi connectivity index (χ1n) is 9.07. The Morgan fingerprint density at radius 2 is 1.81 bits per heavy atom. The van der Waals surface area contributed by atoms with E-state index in [1.54, 1.807) is 12.1 Å². The van der Waals surface area contributed by atoms with Crippen LogP contribution in [0, 0.1) is 19.7 Å². The number of aromatic nitrogens is 1. The number of pyridine rings is 1. The SMILES string of the molecule is Cc1ccc2cc(CCC(=O)NCCc3ccc(F)cc3)c(=O)[nH]c2c1C. The van der Waals surface area contributed by atoms with Gasteiger partial charge in [-0.2, -0.15) is 0 Å². The Morgan fingerprint density at radius 1 is 1.07 bits per heavy atom. The predicted octanol–water partition coefficient (Wildman–Crippen LogP) is 3.58. The van der Waals surface area contributed by atoms with E-state index in [1.165, 1.54) is 12.1 Å². The second kappa shape index (κ2) is 8.16. The lowest BCUT2D eigenvalue weighted by atomic mass is 10.0. The fourth-order valence-corrected chi connectivity index (χ4v) is 3.09. The van der Waals surface area contributed by atoms with Gasteiger partial charge in [0.25, 0.3) is 5.56 Å². The number of rotatable bonds is 6. The lowest BCUT2D eigenvalue weighted by molar-refractivity contribution is -0.121. The van der Waals surface area contributed by atoms with Crippen molar-refractivity contribution in [2.24, 2.45) is 0 Å². The van der Waals surface area contributed by atoms with Crippen LogP contribution >= 0.6 is 0 Å². The highest BCUT2D eigenvalue weighted by Crippen LogP contribution is 2.19. The molecule has 1 amide bonds. The van der Waals surface area contributed by atoms with Crippen molar-refractivity contribution in [3.63, 3.8) is 0 Å². The Kier molecular flexibility index (Phi) is 5.69. The first-order chi connectivity index (χ1) is 12.9. The second-order valence-electron chi connectivity index (χ2n) is 6.82. The van der Waals surface area contributed by atoms with Gasteiger partial charge in [-0.15, -0.1) is 0 Å². The predicted molar refractivity (Wildman–Crippen MR) is 105 cm³/mol. The Hall–Kier alpha value is -2.95. The van der Waals surface area contributed by atoms with Gasteiger partial charge >= 0.3 is 0 Å². The molecule has 27 heavy (non-hydrogen) atoms. The van der Waals surface area contributed by atoms with Crippen molar-refractivity contribution in [1.82, 2.24) is 10.3 Å². The number of aromatic amines is 1. The van der Waals surface area contributed by atoms with Crippen molar-refractivity contribution in [1.29, 1.82) is 0 Å². The maximum atomic E-state index is 12.9. The molecule has 0 radical (unpaired) electrons. The van der Waals surface area contributed by atoms with Crippen LogP contribution in [0.2, 0.25) is 0 Å². The molecule has 0 aliphatic rings. The topological polar surface area (TPSA) is 62.0 Å². The van der Waals surface area contributed by atoms with E-state index in [-0.39, 0.29) is 23.7 Å². The van der Waals surface area contributed by atoms with Crippen molar-refractivity contribution in [3.05, 3.63) is 80.9 Å². The van der Waals surface area contributed by atoms with Gasteiger partial charge < -0.3 is 10.3 Å². The van der Waals surface area contributed by atoms with E-state index in [0.29, 0.717) is 24.9 Å². The Morgan fingerprint density at radius 3 is 2.56 bits per heavy atom. The minimum Gasteiger partial charge on any atom is -0.356 e. The summed E-state index contributed by atoms with van der Waals surface area (Å²) in [6.45, 7) is 4.48. The van der Waals surface area contributed by atoms with Gasteiger partial charge in [-0.3, -0.25) is 9.59 Å². The maximum Gasteiger partial charge on any atom is 0.251 e. The molecule has 0 saturated heterocycles. The summed E-state index contributed by atoms with van der Waals surface area (Å²) in [5.74, 6) is -0.370. The molecule has 0 spiro atoms. The number of hydrogen-bond donors (Lipinski definition) is 2. The maximum absolute atomic E-state index is 12.9. The summed E-state index contributed by atoms with van der Waals surface area (Å²) in [6.07, 6.45) is 1.28. The molecule has 0 atom stereocenters. The Bertz CT molecular complexity index is 1020. The highest BCUT2D eigenvalue weighted by atomic mass is 19.1. The third-order valence-corrected chi connectivity index (χ3v) is 4.90. The van der Waals surface area contributed by atoms with Crippen LogP contribution in [0.25, 0.3) is 10.9 Å². The van der Waals surface area contributed by atoms with Crippen molar-refractivity contribution in [2.45, 2.75) is 33.1 Å². The van der Waals surface area contributed by atoms with E-state index in [9.17, 15) is 14.0 Å². The molecule has 4 nitrogen and oxygen atoms in total. The van der Waals surface area contributed by atoms with Gasteiger partial charge in [0.05, 0.1) is 5.52 Å². The smallest absolute Gasteiger partial charge is 0.251 e. The number of hydrogen-bond acceptors (Lipinski definition) is 2. The molecule has 2 aromatic carbocycles. The fraction of sp³-hybridized carbons (Fsp3) is 0.273. The summed E-state index contributed by atoms with van der Waals surface area (Å²) in [7, 11) is 0. The number of halogens is 1. The number of carbonyl (C=O) groups excluding carboxylic acids is 1. The van der Waals surface area contributed by atoms with Gasteiger partial charge in [-0.1, -0.05) is 24.3 Å². The lowest BCUT2D eigenvalue weighted by Gasteiger charge is -2.08. The van der Waals surface area contributed by atoms with Gasteiger partial charge in [0, 0.05) is 18.5 Å². The minimum atomic E-state index is -0.270. The highest BCUT2D eigenvalue weighted by Gasteiger charge is 2.09. The van der Waals surface area contributed by atoms with Crippen molar-refractivity contribution in [3.8, 4) is 0 Å². The molecular weight excluding hydrogens is 343 g/mol. The van der Waals surface area contributed by atoms with Crippen LogP contribution < -0.4 is 10.9 Å². The normalized spacial score (nSPS) is 10.9. The van der Waals surface area contributed by atoms with Crippen LogP contribution in [-0.4, -0.2) is 17.4 Å². The number of aryl methyl sites for hydroxylation is 3. The van der Waals surface area contributed by atoms with Crippen LogP contribution in [0.3, 0.4) is 0 Å². The van der Waals surface area contributed by atoms with Crippen LogP contribution in [0.15, 0.2) is 47.3 Å². The molecule has 0 aliphatic carbocycles. The summed E-state index contributed by atoms with van der Waals surface area (Å²) >= 11 is 0. The highest BCUT2D eigenvalue weighted by molar-refractivity contribution is 5.83. The molecule has 3 aromatic rings. The zero-order chi connectivity index (χ0) is 19.4. The van der Waals surface area contributed by atoms with Crippen LogP contribution in [-0.2, 0) is 17.6 Å². The molecule has 0 saturated carbocycles. The number of nitrogens with one attached hydrogen (secondary N) is 2. The summed E-state index contributed by atoms with van der Waals surface area (Å²) in [6, 6.07) is 12.1. The average Bonchev–Trinajstić information content (AvgIpc) is 2.65. The van der Waals surface area contributed by atoms with Gasteiger partial charge in [0.2, 0.25) is 5.91 Å². The van der Waals surface area contributed by atoms with E-state index < -0.39 is 0 Å². The fourth-order valence-electron chi connectivity index (χ4n) is 3.09. The molecular formula is C22H23FN2O2. The largest absolute Gasteiger partial charge is 0.356 e. The molecule has 3 rings (SSSR count). The van der Waals surface area contributed by atoms with E-state index >= 15 is 0 Å². The van der Waals surface area contributed by atoms with Gasteiger partial charge in [0.15, 0.2) is 0 Å². The second-order valence-corrected chi connectivity index (χ2v) is 6.82. The Labute approximate surface area is 157 Å². The first kappa shape index (κ1) is 18.8. The summed E-state index contributed by atoms with van der Waals surface area (Å²) in [5.41, 5.74) is 4.48. The number of carbonyl (C=O) groups is 1. The molecule has 0 aliphatic heterocycles. The lowest BCUT2D eigenvalue weighted by Crippen LogP contribution is -2.26. The average molecular weight is 366 g/mol. The molecule has 1 aromatic heterocycles. The number of benzene rings is 2. The summed E-state index contributed by atoms with van der Waals surface area (Å²) in [4.78, 5) is 27.3. The quantitative estimate of drug-likeness (QED) is 0.700. The third kappa shape index (κ3) is 4.61. The van der Waals surface area contributed by atoms with E-state index in [2.05, 4.69) is 10.3 Å². The van der Waals surface area contributed by atoms with Crippen molar-refractivity contribution >= 4 is 16.8 Å². The third-order valence-electron chi connectivity index (χ3n) is 4.90. The molecule has 0 fully saturated rings. The molecule has 5 heteroatoms.